The van der Waals surface area contributed by atoms with Crippen LogP contribution in [0.2, 0.25) is 0 Å². The highest BCUT2D eigenvalue weighted by Gasteiger charge is 2.43. The van der Waals surface area contributed by atoms with E-state index in [1.165, 1.54) is 29.6 Å². The van der Waals surface area contributed by atoms with Crippen LogP contribution in [0.1, 0.15) is 45.6 Å². The summed E-state index contributed by atoms with van der Waals surface area (Å²) in [4.78, 5) is 14.5. The third kappa shape index (κ3) is 6.22. The van der Waals surface area contributed by atoms with E-state index < -0.39 is 30.6 Å². The van der Waals surface area contributed by atoms with E-state index in [9.17, 15) is 27.8 Å². The number of alkyl halides is 4. The summed E-state index contributed by atoms with van der Waals surface area (Å²) < 4.78 is 54.2. The number of aliphatic hydroxyl groups is 2. The molecule has 2 fully saturated rings. The summed E-state index contributed by atoms with van der Waals surface area (Å²) >= 11 is 0. The number of nitrogens with zero attached hydrogens (tertiary/aromatic N) is 6. The SMILES string of the molecule is CC1(O)CCC(Nc2cc(Nc3ccnc(N4CCC(F)(F)C(O)C4)n3)ncc2-c2ccn(C(F)F)n2)CC1. The smallest absolute Gasteiger partial charge is 0.333 e. The van der Waals surface area contributed by atoms with Crippen molar-refractivity contribution >= 4 is 23.3 Å². The van der Waals surface area contributed by atoms with E-state index in [1.807, 2.05) is 6.92 Å². The molecule has 0 bridgehead atoms. The highest BCUT2D eigenvalue weighted by Crippen LogP contribution is 2.35. The molecule has 3 aromatic heterocycles. The molecule has 2 aliphatic rings. The maximum absolute atomic E-state index is 13.7. The van der Waals surface area contributed by atoms with E-state index in [0.29, 0.717) is 46.1 Å². The molecule has 5 rings (SSSR count). The van der Waals surface area contributed by atoms with Crippen molar-refractivity contribution in [2.45, 2.75) is 69.2 Å². The van der Waals surface area contributed by atoms with E-state index in [-0.39, 0.29) is 25.1 Å². The molecule has 14 heteroatoms. The first-order valence-corrected chi connectivity index (χ1v) is 12.7. The fourth-order valence-corrected chi connectivity index (χ4v) is 4.81. The van der Waals surface area contributed by atoms with Gasteiger partial charge >= 0.3 is 6.55 Å². The molecule has 1 saturated heterocycles. The van der Waals surface area contributed by atoms with Crippen LogP contribution >= 0.6 is 0 Å². The van der Waals surface area contributed by atoms with Crippen LogP contribution in [0.4, 0.5) is 40.8 Å². The lowest BCUT2D eigenvalue weighted by atomic mass is 9.83. The number of hydrogen-bond donors (Lipinski definition) is 4. The Morgan fingerprint density at radius 1 is 1.10 bits per heavy atom. The highest BCUT2D eigenvalue weighted by atomic mass is 19.3. The van der Waals surface area contributed by atoms with Gasteiger partial charge in [-0.15, -0.1) is 0 Å². The van der Waals surface area contributed by atoms with E-state index in [4.69, 9.17) is 0 Å². The van der Waals surface area contributed by atoms with Crippen molar-refractivity contribution in [2.75, 3.05) is 28.6 Å². The van der Waals surface area contributed by atoms with Crippen LogP contribution in [0.25, 0.3) is 11.3 Å². The average molecular weight is 551 g/mol. The molecular formula is C25H30F4N8O2. The van der Waals surface area contributed by atoms with Gasteiger partial charge in [-0.2, -0.15) is 18.9 Å². The number of β-amino-alcohol motifs (C(OH)–C–C–N with tert-alkyl or cyclic N) is 1. The Balaban J connectivity index is 1.38. The predicted molar refractivity (Wildman–Crippen MR) is 136 cm³/mol. The minimum Gasteiger partial charge on any atom is -0.390 e. The summed E-state index contributed by atoms with van der Waals surface area (Å²) in [6, 6.07) is 4.84. The standard InChI is InChI=1S/C25H30F4N8O2/c1-24(39)6-2-15(3-7-24)32-18-12-21(31-13-16(18)17-5-10-37(35-17)22(26)27)33-20-4-9-30-23(34-20)36-11-8-25(28,29)19(38)14-36/h4-5,9-10,12-13,15,19,22,38-39H,2-3,6-8,11,14H2,1H3,(H2,30,31,32,33,34). The molecule has 210 valence electrons. The van der Waals surface area contributed by atoms with Crippen molar-refractivity contribution in [1.29, 1.82) is 0 Å². The van der Waals surface area contributed by atoms with E-state index >= 15 is 0 Å². The molecule has 4 heterocycles. The molecule has 1 atom stereocenters. The normalized spacial score (nSPS) is 25.1. The van der Waals surface area contributed by atoms with E-state index in [2.05, 4.69) is 30.7 Å². The number of aromatic nitrogens is 5. The van der Waals surface area contributed by atoms with Crippen LogP contribution < -0.4 is 15.5 Å². The van der Waals surface area contributed by atoms with Crippen LogP contribution in [0.3, 0.4) is 0 Å². The second-order valence-electron chi connectivity index (χ2n) is 10.3. The minimum atomic E-state index is -3.15. The zero-order valence-corrected chi connectivity index (χ0v) is 21.2. The Kier molecular flexibility index (Phi) is 7.33. The Labute approximate surface area is 222 Å². The Morgan fingerprint density at radius 3 is 2.56 bits per heavy atom. The summed E-state index contributed by atoms with van der Waals surface area (Å²) in [5, 5.41) is 30.6. The first kappa shape index (κ1) is 27.1. The number of rotatable bonds is 7. The molecule has 0 aromatic carbocycles. The van der Waals surface area contributed by atoms with Gasteiger partial charge in [0.25, 0.3) is 5.92 Å². The summed E-state index contributed by atoms with van der Waals surface area (Å²) in [6.45, 7) is -1.26. The molecule has 0 amide bonds. The van der Waals surface area contributed by atoms with Crippen molar-refractivity contribution < 1.29 is 27.8 Å². The summed E-state index contributed by atoms with van der Waals surface area (Å²) in [5.41, 5.74) is 0.759. The van der Waals surface area contributed by atoms with Gasteiger partial charge in [-0.3, -0.25) is 0 Å². The minimum absolute atomic E-state index is 0.00589. The zero-order valence-electron chi connectivity index (χ0n) is 21.2. The summed E-state index contributed by atoms with van der Waals surface area (Å²) in [6.07, 6.45) is 4.56. The third-order valence-electron chi connectivity index (χ3n) is 7.19. The molecule has 1 aliphatic heterocycles. The predicted octanol–water partition coefficient (Wildman–Crippen LogP) is 4.19. The highest BCUT2D eigenvalue weighted by molar-refractivity contribution is 5.77. The van der Waals surface area contributed by atoms with Gasteiger partial charge in [0.1, 0.15) is 17.7 Å². The van der Waals surface area contributed by atoms with Gasteiger partial charge in [0.15, 0.2) is 0 Å². The van der Waals surface area contributed by atoms with Crippen molar-refractivity contribution in [3.8, 4) is 11.3 Å². The molecule has 39 heavy (non-hydrogen) atoms. The van der Waals surface area contributed by atoms with Crippen molar-refractivity contribution in [1.82, 2.24) is 24.7 Å². The molecule has 0 spiro atoms. The fraction of sp³-hybridized carbons (Fsp3) is 0.520. The number of hydrogen-bond acceptors (Lipinski definition) is 9. The Morgan fingerprint density at radius 2 is 1.87 bits per heavy atom. The maximum atomic E-state index is 13.7. The molecule has 1 saturated carbocycles. The lowest BCUT2D eigenvalue weighted by Gasteiger charge is -2.35. The fourth-order valence-electron chi connectivity index (χ4n) is 4.81. The quantitative estimate of drug-likeness (QED) is 0.321. The van der Waals surface area contributed by atoms with Crippen molar-refractivity contribution in [3.05, 3.63) is 36.8 Å². The van der Waals surface area contributed by atoms with Crippen molar-refractivity contribution in [2.24, 2.45) is 0 Å². The number of aliphatic hydroxyl groups excluding tert-OH is 1. The van der Waals surface area contributed by atoms with Gasteiger partial charge in [0.05, 0.1) is 17.8 Å². The molecular weight excluding hydrogens is 520 g/mol. The third-order valence-corrected chi connectivity index (χ3v) is 7.19. The topological polar surface area (TPSA) is 124 Å². The molecule has 4 N–H and O–H groups in total. The number of pyridine rings is 1. The van der Waals surface area contributed by atoms with Gasteiger partial charge in [0, 0.05) is 54.9 Å². The van der Waals surface area contributed by atoms with Crippen molar-refractivity contribution in [3.63, 3.8) is 0 Å². The summed E-state index contributed by atoms with van der Waals surface area (Å²) in [7, 11) is 0. The Bertz CT molecular complexity index is 1290. The number of halogens is 4. The molecule has 3 aromatic rings. The Hall–Kier alpha value is -3.52. The maximum Gasteiger partial charge on any atom is 0.333 e. The number of anilines is 4. The number of nitrogens with one attached hydrogen (secondary N) is 2. The van der Waals surface area contributed by atoms with Crippen LogP contribution in [-0.2, 0) is 0 Å². The van der Waals surface area contributed by atoms with E-state index in [1.54, 1.807) is 12.1 Å². The summed E-state index contributed by atoms with van der Waals surface area (Å²) in [5.74, 6) is -2.21. The second-order valence-corrected chi connectivity index (χ2v) is 10.3. The van der Waals surface area contributed by atoms with E-state index in [0.717, 1.165) is 12.8 Å². The monoisotopic (exact) mass is 550 g/mol. The molecule has 1 unspecified atom stereocenters. The largest absolute Gasteiger partial charge is 0.390 e. The average Bonchev–Trinajstić information content (AvgIpc) is 3.38. The van der Waals surface area contributed by atoms with Gasteiger partial charge in [-0.1, -0.05) is 0 Å². The van der Waals surface area contributed by atoms with Gasteiger partial charge < -0.3 is 25.7 Å². The van der Waals surface area contributed by atoms with Gasteiger partial charge in [-0.05, 0) is 44.7 Å². The first-order valence-electron chi connectivity index (χ1n) is 12.7. The van der Waals surface area contributed by atoms with Crippen LogP contribution in [-0.4, -0.2) is 71.7 Å². The van der Waals surface area contributed by atoms with Crippen LogP contribution in [0.15, 0.2) is 36.8 Å². The molecule has 10 nitrogen and oxygen atoms in total. The van der Waals surface area contributed by atoms with Gasteiger partial charge in [0.2, 0.25) is 5.95 Å². The lowest BCUT2D eigenvalue weighted by molar-refractivity contribution is -0.118. The molecule has 0 radical (unpaired) electrons. The zero-order chi connectivity index (χ0) is 27.8. The lowest BCUT2D eigenvalue weighted by Crippen LogP contribution is -2.51. The van der Waals surface area contributed by atoms with Gasteiger partial charge in [-0.25, -0.2) is 23.4 Å². The molecule has 1 aliphatic carbocycles. The second kappa shape index (κ2) is 10.6. The first-order chi connectivity index (χ1) is 18.5. The van der Waals surface area contributed by atoms with Crippen LogP contribution in [0, 0.1) is 0 Å². The van der Waals surface area contributed by atoms with Crippen LogP contribution in [0.5, 0.6) is 0 Å². The number of piperidine rings is 1.